The van der Waals surface area contributed by atoms with Gasteiger partial charge in [0.1, 0.15) is 0 Å². The highest BCUT2D eigenvalue weighted by molar-refractivity contribution is 5.87. The summed E-state index contributed by atoms with van der Waals surface area (Å²) in [6, 6.07) is 6.03. The van der Waals surface area contributed by atoms with Crippen molar-refractivity contribution < 1.29 is 4.52 Å². The lowest BCUT2D eigenvalue weighted by molar-refractivity contribution is 0.190. The number of rotatable bonds is 6. The van der Waals surface area contributed by atoms with Crippen LogP contribution in [0, 0.1) is 5.41 Å². The van der Waals surface area contributed by atoms with Crippen LogP contribution in [0.3, 0.4) is 0 Å². The maximum absolute atomic E-state index is 7.52. The largest absolute Gasteiger partial charge is 0.382 e. The summed E-state index contributed by atoms with van der Waals surface area (Å²) >= 11 is 0. The van der Waals surface area contributed by atoms with Gasteiger partial charge in [-0.1, -0.05) is 31.6 Å². The molecule has 1 aromatic carbocycles. The Balaban J connectivity index is 0.00000117. The molecule has 0 unspecified atom stereocenters. The van der Waals surface area contributed by atoms with Crippen molar-refractivity contribution in [2.75, 3.05) is 18.4 Å². The van der Waals surface area contributed by atoms with Crippen molar-refractivity contribution in [1.29, 1.82) is 5.41 Å². The number of nitrogens with one attached hydrogen (secondary N) is 2. The minimum atomic E-state index is 0.278. The lowest BCUT2D eigenvalue weighted by Gasteiger charge is -2.39. The fourth-order valence-electron chi connectivity index (χ4n) is 2.72. The Labute approximate surface area is 155 Å². The fourth-order valence-corrected chi connectivity index (χ4v) is 2.72. The van der Waals surface area contributed by atoms with E-state index in [9.17, 15) is 0 Å². The monoisotopic (exact) mass is 355 g/mol. The Morgan fingerprint density at radius 3 is 2.65 bits per heavy atom. The first-order chi connectivity index (χ1) is 12.5. The van der Waals surface area contributed by atoms with E-state index in [2.05, 4.69) is 40.8 Å². The van der Waals surface area contributed by atoms with Gasteiger partial charge in [-0.2, -0.15) is 4.98 Å². The summed E-state index contributed by atoms with van der Waals surface area (Å²) in [5.74, 6) is 1.56. The molecule has 0 bridgehead atoms. The predicted octanol–water partition coefficient (Wildman–Crippen LogP) is 4.51. The first-order valence-corrected chi connectivity index (χ1v) is 9.13. The van der Waals surface area contributed by atoms with Crippen LogP contribution in [0.1, 0.15) is 51.9 Å². The van der Waals surface area contributed by atoms with E-state index < -0.39 is 0 Å². The number of benzene rings is 1. The zero-order chi connectivity index (χ0) is 19.3. The van der Waals surface area contributed by atoms with Crippen LogP contribution in [0.5, 0.6) is 0 Å². The number of aromatic nitrogens is 2. The maximum atomic E-state index is 7.52. The number of hydrogen-bond donors (Lipinski definition) is 2. The molecule has 0 atom stereocenters. The van der Waals surface area contributed by atoms with Crippen LogP contribution < -0.4 is 5.32 Å². The molecule has 0 amide bonds. The summed E-state index contributed by atoms with van der Waals surface area (Å²) in [7, 11) is 0. The molecule has 2 N–H and O–H groups in total. The SMILES string of the molecule is C=C(C)N1CC(c2noc(-c3ccc(C=N)c(NC(C)C)c3)n2)C1.CC. The van der Waals surface area contributed by atoms with Gasteiger partial charge >= 0.3 is 0 Å². The number of likely N-dealkylation sites (tertiary alicyclic amines) is 1. The molecular formula is C20H29N5O. The van der Waals surface area contributed by atoms with E-state index in [0.717, 1.165) is 41.4 Å². The van der Waals surface area contributed by atoms with Gasteiger partial charge in [-0.3, -0.25) is 0 Å². The van der Waals surface area contributed by atoms with Crippen molar-refractivity contribution in [2.24, 2.45) is 0 Å². The zero-order valence-corrected chi connectivity index (χ0v) is 16.3. The number of nitrogens with zero attached hydrogens (tertiary/aromatic N) is 3. The predicted molar refractivity (Wildman–Crippen MR) is 107 cm³/mol. The minimum absolute atomic E-state index is 0.278. The summed E-state index contributed by atoms with van der Waals surface area (Å²) in [5.41, 5.74) is 3.66. The van der Waals surface area contributed by atoms with Gasteiger partial charge in [0.15, 0.2) is 5.82 Å². The summed E-state index contributed by atoms with van der Waals surface area (Å²) in [5, 5.41) is 15.0. The molecule has 0 spiro atoms. The number of hydrogen-bond acceptors (Lipinski definition) is 6. The average Bonchev–Trinajstić information content (AvgIpc) is 3.04. The molecule has 0 aliphatic carbocycles. The molecule has 6 nitrogen and oxygen atoms in total. The molecule has 26 heavy (non-hydrogen) atoms. The van der Waals surface area contributed by atoms with Crippen LogP contribution in [0.2, 0.25) is 0 Å². The third-order valence-corrected chi connectivity index (χ3v) is 4.13. The zero-order valence-electron chi connectivity index (χ0n) is 16.3. The Morgan fingerprint density at radius 1 is 1.38 bits per heavy atom. The van der Waals surface area contributed by atoms with Crippen molar-refractivity contribution in [3.8, 4) is 11.5 Å². The quantitative estimate of drug-likeness (QED) is 0.745. The Bertz CT molecular complexity index is 759. The highest BCUT2D eigenvalue weighted by atomic mass is 16.5. The van der Waals surface area contributed by atoms with Gasteiger partial charge in [0.2, 0.25) is 0 Å². The number of anilines is 1. The van der Waals surface area contributed by atoms with E-state index in [1.807, 2.05) is 39.0 Å². The second-order valence-corrected chi connectivity index (χ2v) is 6.54. The second kappa shape index (κ2) is 8.65. The van der Waals surface area contributed by atoms with E-state index in [-0.39, 0.29) is 6.04 Å². The summed E-state index contributed by atoms with van der Waals surface area (Å²) in [6.07, 6.45) is 1.34. The molecule has 3 rings (SSSR count). The van der Waals surface area contributed by atoms with E-state index in [0.29, 0.717) is 11.8 Å². The molecule has 1 fully saturated rings. The topological polar surface area (TPSA) is 78.0 Å². The molecule has 1 aromatic heterocycles. The van der Waals surface area contributed by atoms with Crippen molar-refractivity contribution in [3.05, 3.63) is 41.9 Å². The molecule has 0 saturated carbocycles. The Kier molecular flexibility index (Phi) is 6.55. The van der Waals surface area contributed by atoms with E-state index in [1.165, 1.54) is 6.21 Å². The molecule has 140 valence electrons. The molecule has 1 aliphatic heterocycles. The van der Waals surface area contributed by atoms with E-state index >= 15 is 0 Å². The van der Waals surface area contributed by atoms with Gasteiger partial charge in [-0.25, -0.2) is 0 Å². The second-order valence-electron chi connectivity index (χ2n) is 6.54. The molecule has 6 heteroatoms. The molecule has 2 heterocycles. The lowest BCUT2D eigenvalue weighted by Crippen LogP contribution is -2.43. The normalized spacial score (nSPS) is 13.7. The van der Waals surface area contributed by atoms with Crippen LogP contribution in [0.4, 0.5) is 5.69 Å². The van der Waals surface area contributed by atoms with Crippen molar-refractivity contribution in [1.82, 2.24) is 15.0 Å². The standard InChI is InChI=1S/C18H23N5O.C2H6/c1-11(2)20-16-7-13(5-6-14(16)8-19)18-21-17(22-24-18)15-9-23(10-15)12(3)4;1-2/h5-8,11,15,19-20H,3,9-10H2,1-2,4H3;1-2H3. The van der Waals surface area contributed by atoms with Crippen molar-refractivity contribution in [3.63, 3.8) is 0 Å². The molecule has 1 saturated heterocycles. The van der Waals surface area contributed by atoms with Gasteiger partial charge in [-0.05, 0) is 32.9 Å². The first kappa shape index (κ1) is 19.7. The molecule has 0 radical (unpaired) electrons. The van der Waals surface area contributed by atoms with Crippen molar-refractivity contribution in [2.45, 2.75) is 46.6 Å². The van der Waals surface area contributed by atoms with Crippen LogP contribution in [-0.2, 0) is 0 Å². The lowest BCUT2D eigenvalue weighted by atomic mass is 9.99. The fraction of sp³-hybridized carbons (Fsp3) is 0.450. The third-order valence-electron chi connectivity index (χ3n) is 4.13. The van der Waals surface area contributed by atoms with Crippen LogP contribution in [0.15, 0.2) is 35.0 Å². The smallest absolute Gasteiger partial charge is 0.258 e. The van der Waals surface area contributed by atoms with Crippen LogP contribution in [0.25, 0.3) is 11.5 Å². The Morgan fingerprint density at radius 2 is 2.08 bits per heavy atom. The first-order valence-electron chi connectivity index (χ1n) is 9.13. The van der Waals surface area contributed by atoms with Crippen molar-refractivity contribution >= 4 is 11.9 Å². The summed E-state index contributed by atoms with van der Waals surface area (Å²) in [6.45, 7) is 15.9. The van der Waals surface area contributed by atoms with E-state index in [1.54, 1.807) is 0 Å². The van der Waals surface area contributed by atoms with Crippen LogP contribution in [-0.4, -0.2) is 40.4 Å². The van der Waals surface area contributed by atoms with Gasteiger partial charge in [-0.15, -0.1) is 0 Å². The molecule has 1 aliphatic rings. The van der Waals surface area contributed by atoms with Gasteiger partial charge < -0.3 is 20.1 Å². The summed E-state index contributed by atoms with van der Waals surface area (Å²) < 4.78 is 5.45. The van der Waals surface area contributed by atoms with Crippen LogP contribution >= 0.6 is 0 Å². The molecular weight excluding hydrogens is 326 g/mol. The summed E-state index contributed by atoms with van der Waals surface area (Å²) in [4.78, 5) is 6.75. The third kappa shape index (κ3) is 4.31. The maximum Gasteiger partial charge on any atom is 0.258 e. The van der Waals surface area contributed by atoms with Gasteiger partial charge in [0, 0.05) is 47.9 Å². The minimum Gasteiger partial charge on any atom is -0.382 e. The number of allylic oxidation sites excluding steroid dienone is 1. The highest BCUT2D eigenvalue weighted by Crippen LogP contribution is 2.30. The Hall–Kier alpha value is -2.63. The average molecular weight is 355 g/mol. The van der Waals surface area contributed by atoms with Gasteiger partial charge in [0.05, 0.1) is 5.92 Å². The molecule has 2 aromatic rings. The highest BCUT2D eigenvalue weighted by Gasteiger charge is 2.31. The van der Waals surface area contributed by atoms with E-state index in [4.69, 9.17) is 9.93 Å². The van der Waals surface area contributed by atoms with Gasteiger partial charge in [0.25, 0.3) is 5.89 Å².